The van der Waals surface area contributed by atoms with E-state index in [9.17, 15) is 26.7 Å². The molecule has 0 aromatic heterocycles. The molecule has 1 atom stereocenters. The molecule has 3 rings (SSSR count). The predicted molar refractivity (Wildman–Crippen MR) is 101 cm³/mol. The summed E-state index contributed by atoms with van der Waals surface area (Å²) in [6, 6.07) is 7.02. The van der Waals surface area contributed by atoms with Gasteiger partial charge in [-0.1, -0.05) is 0 Å². The molecule has 1 heterocycles. The number of sulfonamides is 2. The number of nitrogens with zero attached hydrogens (tertiary/aromatic N) is 1. The SMILES string of the molecule is COc1ccc(C(=O)O)cc1S(=O)(=O)N1c2ccc(S(N)(=O)=O)cc2CC1C. The molecule has 150 valence electrons. The van der Waals surface area contributed by atoms with Crippen LogP contribution in [0.25, 0.3) is 0 Å². The zero-order valence-electron chi connectivity index (χ0n) is 15.0. The molecule has 1 aliphatic rings. The topological polar surface area (TPSA) is 144 Å². The number of ether oxygens (including phenoxy) is 1. The van der Waals surface area contributed by atoms with E-state index in [4.69, 9.17) is 9.88 Å². The first-order chi connectivity index (χ1) is 13.0. The van der Waals surface area contributed by atoms with Crippen LogP contribution in [0.15, 0.2) is 46.2 Å². The first kappa shape index (κ1) is 20.1. The van der Waals surface area contributed by atoms with Crippen molar-refractivity contribution in [2.24, 2.45) is 5.14 Å². The Hall–Kier alpha value is -2.63. The van der Waals surface area contributed by atoms with E-state index in [0.29, 0.717) is 11.3 Å². The molecule has 2 aromatic rings. The first-order valence-electron chi connectivity index (χ1n) is 8.08. The lowest BCUT2D eigenvalue weighted by Gasteiger charge is -2.25. The Morgan fingerprint density at radius 2 is 1.86 bits per heavy atom. The molecular weight excluding hydrogens is 408 g/mol. The molecule has 9 nitrogen and oxygen atoms in total. The highest BCUT2D eigenvalue weighted by Gasteiger charge is 2.38. The van der Waals surface area contributed by atoms with Crippen molar-refractivity contribution in [1.82, 2.24) is 0 Å². The Morgan fingerprint density at radius 1 is 1.18 bits per heavy atom. The molecule has 0 bridgehead atoms. The van der Waals surface area contributed by atoms with Crippen LogP contribution in [0.4, 0.5) is 5.69 Å². The Kier molecular flexibility index (Phi) is 4.86. The van der Waals surface area contributed by atoms with Gasteiger partial charge in [-0.15, -0.1) is 0 Å². The van der Waals surface area contributed by atoms with Crippen molar-refractivity contribution in [3.63, 3.8) is 0 Å². The summed E-state index contributed by atoms with van der Waals surface area (Å²) in [7, 11) is -6.82. The average molecular weight is 426 g/mol. The van der Waals surface area contributed by atoms with Gasteiger partial charge in [0.15, 0.2) is 0 Å². The van der Waals surface area contributed by atoms with Crippen molar-refractivity contribution in [3.8, 4) is 5.75 Å². The second-order valence-electron chi connectivity index (χ2n) is 6.36. The fourth-order valence-electron chi connectivity index (χ4n) is 3.24. The van der Waals surface area contributed by atoms with E-state index >= 15 is 0 Å². The molecule has 0 fully saturated rings. The molecule has 0 amide bonds. The maximum Gasteiger partial charge on any atom is 0.335 e. The molecule has 3 N–H and O–H groups in total. The number of hydrogen-bond donors (Lipinski definition) is 2. The molecule has 2 aromatic carbocycles. The van der Waals surface area contributed by atoms with Gasteiger partial charge in [0.05, 0.1) is 23.3 Å². The van der Waals surface area contributed by atoms with E-state index in [1.165, 1.54) is 37.4 Å². The number of fused-ring (bicyclic) bond motifs is 1. The molecule has 28 heavy (non-hydrogen) atoms. The largest absolute Gasteiger partial charge is 0.495 e. The van der Waals surface area contributed by atoms with Gasteiger partial charge < -0.3 is 9.84 Å². The Balaban J connectivity index is 2.17. The van der Waals surface area contributed by atoms with Gasteiger partial charge >= 0.3 is 5.97 Å². The third-order valence-corrected chi connectivity index (χ3v) is 7.34. The van der Waals surface area contributed by atoms with Gasteiger partial charge in [0.25, 0.3) is 10.0 Å². The normalized spacial score (nSPS) is 16.7. The molecule has 1 aliphatic heterocycles. The second-order valence-corrected chi connectivity index (χ2v) is 9.71. The maximum atomic E-state index is 13.4. The predicted octanol–water partition coefficient (Wildman–Crippen LogP) is 1.18. The number of carboxylic acid groups (broad SMARTS) is 1. The summed E-state index contributed by atoms with van der Waals surface area (Å²) in [6.07, 6.45) is 0.277. The van der Waals surface area contributed by atoms with Crippen molar-refractivity contribution in [3.05, 3.63) is 47.5 Å². The van der Waals surface area contributed by atoms with Crippen LogP contribution < -0.4 is 14.2 Å². The number of anilines is 1. The van der Waals surface area contributed by atoms with Crippen LogP contribution in [0.3, 0.4) is 0 Å². The van der Waals surface area contributed by atoms with Crippen LogP contribution in [0, 0.1) is 0 Å². The minimum absolute atomic E-state index is 0.00630. The molecule has 0 spiro atoms. The quantitative estimate of drug-likeness (QED) is 0.730. The molecule has 0 saturated heterocycles. The van der Waals surface area contributed by atoms with E-state index in [2.05, 4.69) is 0 Å². The number of hydrogen-bond acceptors (Lipinski definition) is 6. The lowest BCUT2D eigenvalue weighted by Crippen LogP contribution is -2.36. The summed E-state index contributed by atoms with van der Waals surface area (Å²) in [5, 5.41) is 14.4. The van der Waals surface area contributed by atoms with Crippen molar-refractivity contribution in [1.29, 1.82) is 0 Å². The lowest BCUT2D eigenvalue weighted by molar-refractivity contribution is 0.0696. The van der Waals surface area contributed by atoms with Gasteiger partial charge in [-0.3, -0.25) is 4.31 Å². The fraction of sp³-hybridized carbons (Fsp3) is 0.235. The van der Waals surface area contributed by atoms with Crippen molar-refractivity contribution >= 4 is 31.7 Å². The molecule has 0 saturated carbocycles. The number of benzene rings is 2. The summed E-state index contributed by atoms with van der Waals surface area (Å²) in [5.41, 5.74) is 0.620. The third-order valence-electron chi connectivity index (χ3n) is 4.48. The zero-order valence-corrected chi connectivity index (χ0v) is 16.6. The standard InChI is InChI=1S/C17H18N2O7S2/c1-10-7-12-8-13(27(18,22)23)4-5-14(12)19(10)28(24,25)16-9-11(17(20)21)3-6-15(16)26-2/h3-6,8-10H,7H2,1-2H3,(H,20,21)(H2,18,22,23). The van der Waals surface area contributed by atoms with E-state index in [1.807, 2.05) is 0 Å². The molecule has 11 heteroatoms. The van der Waals surface area contributed by atoms with Gasteiger partial charge in [0.2, 0.25) is 10.0 Å². The highest BCUT2D eigenvalue weighted by atomic mass is 32.2. The number of primary sulfonamides is 1. The third kappa shape index (κ3) is 3.32. The number of aromatic carboxylic acids is 1. The van der Waals surface area contributed by atoms with Crippen molar-refractivity contribution in [2.75, 3.05) is 11.4 Å². The summed E-state index contributed by atoms with van der Waals surface area (Å²) in [5.74, 6) is -1.27. The van der Waals surface area contributed by atoms with Crippen LogP contribution in [0.1, 0.15) is 22.8 Å². The number of rotatable bonds is 5. The van der Waals surface area contributed by atoms with Gasteiger partial charge in [0.1, 0.15) is 10.6 Å². The summed E-state index contributed by atoms with van der Waals surface area (Å²) >= 11 is 0. The summed E-state index contributed by atoms with van der Waals surface area (Å²) < 4.78 is 56.1. The lowest BCUT2D eigenvalue weighted by atomic mass is 10.1. The number of carboxylic acids is 1. The Bertz CT molecular complexity index is 1170. The minimum Gasteiger partial charge on any atom is -0.495 e. The summed E-state index contributed by atoms with van der Waals surface area (Å²) in [6.45, 7) is 1.67. The number of methoxy groups -OCH3 is 1. The van der Waals surface area contributed by atoms with Crippen LogP contribution in [0.5, 0.6) is 5.75 Å². The molecule has 0 radical (unpaired) electrons. The fourth-order valence-corrected chi connectivity index (χ4v) is 5.68. The van der Waals surface area contributed by atoms with Gasteiger partial charge in [-0.05, 0) is 55.3 Å². The van der Waals surface area contributed by atoms with Gasteiger partial charge in [-0.25, -0.2) is 26.8 Å². The van der Waals surface area contributed by atoms with Crippen LogP contribution >= 0.6 is 0 Å². The maximum absolute atomic E-state index is 13.4. The number of carbonyl (C=O) groups is 1. The van der Waals surface area contributed by atoms with Gasteiger partial charge in [-0.2, -0.15) is 0 Å². The van der Waals surface area contributed by atoms with Crippen LogP contribution in [-0.4, -0.2) is 41.1 Å². The van der Waals surface area contributed by atoms with Gasteiger partial charge in [0, 0.05) is 6.04 Å². The zero-order chi connectivity index (χ0) is 20.9. The van der Waals surface area contributed by atoms with E-state index in [1.54, 1.807) is 6.92 Å². The average Bonchev–Trinajstić information content (AvgIpc) is 2.95. The van der Waals surface area contributed by atoms with E-state index in [-0.39, 0.29) is 27.5 Å². The van der Waals surface area contributed by atoms with E-state index < -0.39 is 32.1 Å². The summed E-state index contributed by atoms with van der Waals surface area (Å²) in [4.78, 5) is 10.9. The Labute approximate surface area is 162 Å². The van der Waals surface area contributed by atoms with Crippen molar-refractivity contribution in [2.45, 2.75) is 29.2 Å². The second kappa shape index (κ2) is 6.76. The van der Waals surface area contributed by atoms with Crippen LogP contribution in [0.2, 0.25) is 0 Å². The van der Waals surface area contributed by atoms with Crippen molar-refractivity contribution < 1.29 is 31.5 Å². The monoisotopic (exact) mass is 426 g/mol. The molecule has 0 aliphatic carbocycles. The van der Waals surface area contributed by atoms with Crippen LogP contribution in [-0.2, 0) is 26.5 Å². The first-order valence-corrected chi connectivity index (χ1v) is 11.1. The highest BCUT2D eigenvalue weighted by molar-refractivity contribution is 7.93. The van der Waals surface area contributed by atoms with E-state index in [0.717, 1.165) is 10.4 Å². The Morgan fingerprint density at radius 3 is 2.43 bits per heavy atom. The smallest absolute Gasteiger partial charge is 0.335 e. The molecular formula is C17H18N2O7S2. The minimum atomic E-state index is -4.18. The molecule has 1 unspecified atom stereocenters. The number of nitrogens with two attached hydrogens (primary N) is 1. The highest BCUT2D eigenvalue weighted by Crippen LogP contribution is 2.39.